The molecule has 4 heterocycles. The van der Waals surface area contributed by atoms with Crippen LogP contribution in [0.5, 0.6) is 11.5 Å². The third kappa shape index (κ3) is 2.96. The van der Waals surface area contributed by atoms with Gasteiger partial charge in [-0.25, -0.2) is 0 Å². The summed E-state index contributed by atoms with van der Waals surface area (Å²) >= 11 is 0. The lowest BCUT2D eigenvalue weighted by Crippen LogP contribution is -2.57. The largest absolute Gasteiger partial charge is 0.484 e. The van der Waals surface area contributed by atoms with Crippen molar-refractivity contribution in [2.75, 3.05) is 0 Å². The molecule has 0 spiro atoms. The van der Waals surface area contributed by atoms with Crippen LogP contribution in [0.25, 0.3) is 21.8 Å². The van der Waals surface area contributed by atoms with Gasteiger partial charge < -0.3 is 18.6 Å². The number of hydrogen-bond donors (Lipinski definition) is 0. The van der Waals surface area contributed by atoms with E-state index >= 15 is 0 Å². The monoisotopic (exact) mass is 482 g/mol. The zero-order valence-corrected chi connectivity index (χ0v) is 21.5. The predicted molar refractivity (Wildman–Crippen MR) is 142 cm³/mol. The Labute approximate surface area is 209 Å². The average molecular weight is 483 g/mol. The van der Waals surface area contributed by atoms with E-state index in [0.29, 0.717) is 22.6 Å². The summed E-state index contributed by atoms with van der Waals surface area (Å²) in [5.74, 6) is 0.457. The summed E-state index contributed by atoms with van der Waals surface area (Å²) in [6.07, 6.45) is 1.65. The van der Waals surface area contributed by atoms with Gasteiger partial charge in [0.2, 0.25) is 0 Å². The summed E-state index contributed by atoms with van der Waals surface area (Å²) in [5.41, 5.74) is 2.90. The summed E-state index contributed by atoms with van der Waals surface area (Å²) in [5, 5.41) is 1.77. The summed E-state index contributed by atoms with van der Waals surface area (Å²) < 4.78 is 16.8. The average Bonchev–Trinajstić information content (AvgIpc) is 2.85. The van der Waals surface area contributed by atoms with E-state index in [2.05, 4.69) is 6.08 Å². The van der Waals surface area contributed by atoms with Gasteiger partial charge in [0, 0.05) is 36.7 Å². The Hall–Kier alpha value is -3.80. The number of allylic oxidation sites excluding steroid dienone is 2. The predicted octanol–water partition coefficient (Wildman–Crippen LogP) is 5.16. The van der Waals surface area contributed by atoms with Crippen molar-refractivity contribution in [3.05, 3.63) is 92.0 Å². The van der Waals surface area contributed by atoms with Crippen LogP contribution in [0.3, 0.4) is 0 Å². The van der Waals surface area contributed by atoms with Crippen LogP contribution in [0.2, 0.25) is 0 Å². The first kappa shape index (κ1) is 22.7. The highest BCUT2D eigenvalue weighted by molar-refractivity contribution is 5.89. The smallest absolute Gasteiger partial charge is 0.258 e. The fraction of sp³-hybridized carbons (Fsp3) is 0.333. The number of nitrogens with zero attached hydrogens (tertiary/aromatic N) is 2. The summed E-state index contributed by atoms with van der Waals surface area (Å²) in [7, 11) is 3.59. The molecule has 0 unspecified atom stereocenters. The van der Waals surface area contributed by atoms with Crippen molar-refractivity contribution in [2.24, 2.45) is 14.1 Å². The second-order valence-corrected chi connectivity index (χ2v) is 10.8. The molecule has 6 heteroatoms. The van der Waals surface area contributed by atoms with Crippen molar-refractivity contribution < 1.29 is 9.47 Å². The highest BCUT2D eigenvalue weighted by atomic mass is 16.6. The Balaban J connectivity index is 1.77. The number of para-hydroxylation sites is 2. The lowest BCUT2D eigenvalue weighted by atomic mass is 9.69. The fourth-order valence-corrected chi connectivity index (χ4v) is 6.15. The van der Waals surface area contributed by atoms with Gasteiger partial charge in [-0.3, -0.25) is 9.59 Å². The van der Waals surface area contributed by atoms with Crippen LogP contribution in [0, 0.1) is 0 Å². The van der Waals surface area contributed by atoms with E-state index in [0.717, 1.165) is 27.4 Å². The van der Waals surface area contributed by atoms with Gasteiger partial charge in [0.1, 0.15) is 23.2 Å². The molecule has 0 saturated carbocycles. The maximum Gasteiger partial charge on any atom is 0.258 e. The number of aryl methyl sites for hydroxylation is 2. The molecule has 0 bridgehead atoms. The SMILES string of the molecule is CC(C)=C[C@@H]1c2c(c3ccccc3n(C)c2=O)O[C@H]2[C@@H]1c1c(c3ccccc3n(C)c1=O)OC2(C)C. The van der Waals surface area contributed by atoms with E-state index in [4.69, 9.17) is 9.47 Å². The first-order chi connectivity index (χ1) is 17.1. The van der Waals surface area contributed by atoms with Crippen LogP contribution in [0.15, 0.2) is 69.8 Å². The number of aromatic nitrogens is 2. The van der Waals surface area contributed by atoms with Gasteiger partial charge in [-0.1, -0.05) is 35.9 Å². The third-order valence-electron chi connectivity index (χ3n) is 7.77. The molecule has 0 fully saturated rings. The summed E-state index contributed by atoms with van der Waals surface area (Å²) in [6.45, 7) is 8.07. The lowest BCUT2D eigenvalue weighted by molar-refractivity contribution is -0.0528. The number of benzene rings is 2. The minimum absolute atomic E-state index is 0.104. The Bertz CT molecular complexity index is 1720. The van der Waals surface area contributed by atoms with Gasteiger partial charge >= 0.3 is 0 Å². The van der Waals surface area contributed by atoms with Crippen LogP contribution in [-0.4, -0.2) is 20.8 Å². The molecule has 6 rings (SSSR count). The van der Waals surface area contributed by atoms with Gasteiger partial charge in [0.05, 0.1) is 22.2 Å². The topological polar surface area (TPSA) is 62.5 Å². The molecular formula is C30H30N2O4. The molecule has 2 aromatic carbocycles. The van der Waals surface area contributed by atoms with Crippen LogP contribution < -0.4 is 20.6 Å². The van der Waals surface area contributed by atoms with Crippen LogP contribution in [-0.2, 0) is 14.1 Å². The van der Waals surface area contributed by atoms with E-state index in [1.54, 1.807) is 23.2 Å². The maximum atomic E-state index is 13.9. The Morgan fingerprint density at radius 2 is 1.36 bits per heavy atom. The molecular weight excluding hydrogens is 452 g/mol. The number of hydrogen-bond acceptors (Lipinski definition) is 4. The van der Waals surface area contributed by atoms with Crippen molar-refractivity contribution in [3.8, 4) is 11.5 Å². The minimum Gasteiger partial charge on any atom is -0.484 e. The van der Waals surface area contributed by atoms with Gasteiger partial charge in [0.25, 0.3) is 11.1 Å². The van der Waals surface area contributed by atoms with Gasteiger partial charge in [-0.2, -0.15) is 0 Å². The normalized spacial score (nSPS) is 21.7. The third-order valence-corrected chi connectivity index (χ3v) is 7.77. The first-order valence-corrected chi connectivity index (χ1v) is 12.4. The molecule has 0 saturated heterocycles. The molecule has 0 aliphatic carbocycles. The summed E-state index contributed by atoms with van der Waals surface area (Å²) in [6, 6.07) is 15.6. The van der Waals surface area contributed by atoms with Crippen molar-refractivity contribution in [2.45, 2.75) is 51.2 Å². The molecule has 184 valence electrons. The van der Waals surface area contributed by atoms with Crippen LogP contribution >= 0.6 is 0 Å². The quantitative estimate of drug-likeness (QED) is 0.352. The van der Waals surface area contributed by atoms with E-state index in [9.17, 15) is 9.59 Å². The van der Waals surface area contributed by atoms with Crippen molar-refractivity contribution in [1.29, 1.82) is 0 Å². The standard InChI is InChI=1S/C30H30N2O4/c1-16(2)15-19-22-24-26(18-12-8-10-14-21(18)32(6)29(24)34)36-30(3,4)27(22)35-25-17-11-7-9-13-20(17)31(5)28(33)23(19)25/h7-15,19,22,27H,1-6H3/t19-,22-,27-/m0/s1. The minimum atomic E-state index is -0.750. The zero-order valence-electron chi connectivity index (χ0n) is 21.5. The molecule has 0 radical (unpaired) electrons. The number of pyridine rings is 2. The molecule has 2 aliphatic rings. The highest BCUT2D eigenvalue weighted by Gasteiger charge is 2.54. The van der Waals surface area contributed by atoms with Gasteiger partial charge in [-0.05, 0) is 52.0 Å². The van der Waals surface area contributed by atoms with E-state index < -0.39 is 11.7 Å². The molecule has 0 N–H and O–H groups in total. The molecule has 6 nitrogen and oxygen atoms in total. The van der Waals surface area contributed by atoms with Gasteiger partial charge in [0.15, 0.2) is 0 Å². The zero-order chi connectivity index (χ0) is 25.5. The number of fused-ring (bicyclic) bond motifs is 8. The van der Waals surface area contributed by atoms with Crippen molar-refractivity contribution >= 4 is 21.8 Å². The molecule has 4 aromatic rings. The van der Waals surface area contributed by atoms with E-state index in [1.807, 2.05) is 76.2 Å². The lowest BCUT2D eigenvalue weighted by Gasteiger charge is -2.49. The van der Waals surface area contributed by atoms with Crippen molar-refractivity contribution in [1.82, 2.24) is 9.13 Å². The highest BCUT2D eigenvalue weighted by Crippen LogP contribution is 2.55. The van der Waals surface area contributed by atoms with Gasteiger partial charge in [-0.15, -0.1) is 0 Å². The number of ether oxygens (including phenoxy) is 2. The second kappa shape index (κ2) is 7.60. The molecule has 0 amide bonds. The Morgan fingerprint density at radius 3 is 1.94 bits per heavy atom. The van der Waals surface area contributed by atoms with E-state index in [1.165, 1.54) is 0 Å². The maximum absolute atomic E-state index is 13.9. The second-order valence-electron chi connectivity index (χ2n) is 10.8. The van der Waals surface area contributed by atoms with E-state index in [-0.39, 0.29) is 23.0 Å². The van der Waals surface area contributed by atoms with Crippen LogP contribution in [0.4, 0.5) is 0 Å². The molecule has 3 atom stereocenters. The first-order valence-electron chi connectivity index (χ1n) is 12.4. The fourth-order valence-electron chi connectivity index (χ4n) is 6.15. The molecule has 2 aliphatic heterocycles. The van der Waals surface area contributed by atoms with Crippen LogP contribution in [0.1, 0.15) is 50.7 Å². The Morgan fingerprint density at radius 1 is 0.833 bits per heavy atom. The molecule has 2 aromatic heterocycles. The summed E-state index contributed by atoms with van der Waals surface area (Å²) in [4.78, 5) is 27.8. The number of rotatable bonds is 1. The Kier molecular flexibility index (Phi) is 4.78. The molecule has 36 heavy (non-hydrogen) atoms. The van der Waals surface area contributed by atoms with Crippen molar-refractivity contribution in [3.63, 3.8) is 0 Å².